The average Bonchev–Trinajstić information content (AvgIpc) is 3.28. The Kier molecular flexibility index (Phi) is 6.01. The molecule has 32 heavy (non-hydrogen) atoms. The van der Waals surface area contributed by atoms with Crippen LogP contribution in [0.5, 0.6) is 0 Å². The number of alkyl halides is 3. The third-order valence-electron chi connectivity index (χ3n) is 5.72. The molecule has 0 radical (unpaired) electrons. The van der Waals surface area contributed by atoms with Gasteiger partial charge < -0.3 is 9.42 Å². The van der Waals surface area contributed by atoms with E-state index in [0.717, 1.165) is 23.3 Å². The number of hydrogen-bond acceptors (Lipinski definition) is 5. The van der Waals surface area contributed by atoms with Crippen LogP contribution in [0.4, 0.5) is 13.2 Å². The number of rotatable bonds is 4. The summed E-state index contributed by atoms with van der Waals surface area (Å²) < 4.78 is 43.7. The molecule has 168 valence electrons. The lowest BCUT2D eigenvalue weighted by Crippen LogP contribution is -2.49. The summed E-state index contributed by atoms with van der Waals surface area (Å²) in [6.07, 6.45) is -4.42. The van der Waals surface area contributed by atoms with Gasteiger partial charge in [0, 0.05) is 37.3 Å². The van der Waals surface area contributed by atoms with E-state index in [4.69, 9.17) is 4.52 Å². The van der Waals surface area contributed by atoms with Gasteiger partial charge in [-0.1, -0.05) is 35.0 Å². The molecule has 2 heterocycles. The van der Waals surface area contributed by atoms with Crippen molar-refractivity contribution in [2.75, 3.05) is 26.2 Å². The summed E-state index contributed by atoms with van der Waals surface area (Å²) in [4.78, 5) is 21.0. The highest BCUT2D eigenvalue weighted by molar-refractivity contribution is 5.94. The predicted octanol–water partition coefficient (Wildman–Crippen LogP) is 4.58. The van der Waals surface area contributed by atoms with Crippen molar-refractivity contribution in [3.8, 4) is 11.4 Å². The van der Waals surface area contributed by atoms with Crippen LogP contribution in [0.25, 0.3) is 11.4 Å². The van der Waals surface area contributed by atoms with Crippen LogP contribution in [0.1, 0.15) is 40.3 Å². The maximum absolute atomic E-state index is 12.7. The minimum atomic E-state index is -4.42. The van der Waals surface area contributed by atoms with E-state index in [1.807, 2.05) is 38.1 Å². The van der Waals surface area contributed by atoms with Crippen LogP contribution in [-0.4, -0.2) is 52.0 Å². The number of carbonyl (C=O) groups excluding carboxylic acids is 1. The molecule has 1 atom stereocenters. The number of benzene rings is 2. The molecule has 6 nitrogen and oxygen atoms in total. The topological polar surface area (TPSA) is 62.5 Å². The van der Waals surface area contributed by atoms with Crippen LogP contribution in [0, 0.1) is 6.92 Å². The molecule has 0 bridgehead atoms. The van der Waals surface area contributed by atoms with Crippen LogP contribution in [0.15, 0.2) is 53.1 Å². The molecule has 1 aromatic heterocycles. The van der Waals surface area contributed by atoms with Gasteiger partial charge in [-0.15, -0.1) is 0 Å². The second-order valence-corrected chi connectivity index (χ2v) is 7.90. The van der Waals surface area contributed by atoms with E-state index < -0.39 is 11.7 Å². The molecule has 4 rings (SSSR count). The lowest BCUT2D eigenvalue weighted by atomic mass is 10.1. The predicted molar refractivity (Wildman–Crippen MR) is 112 cm³/mol. The minimum absolute atomic E-state index is 0.120. The fourth-order valence-electron chi connectivity index (χ4n) is 3.68. The van der Waals surface area contributed by atoms with Gasteiger partial charge in [0.25, 0.3) is 5.91 Å². The Morgan fingerprint density at radius 2 is 1.62 bits per heavy atom. The third kappa shape index (κ3) is 4.67. The number of piperazine rings is 1. The highest BCUT2D eigenvalue weighted by atomic mass is 19.4. The van der Waals surface area contributed by atoms with Gasteiger partial charge >= 0.3 is 6.18 Å². The van der Waals surface area contributed by atoms with Gasteiger partial charge in [0.2, 0.25) is 11.7 Å². The molecule has 9 heteroatoms. The van der Waals surface area contributed by atoms with Crippen molar-refractivity contribution in [3.05, 3.63) is 71.1 Å². The average molecular weight is 444 g/mol. The Hall–Kier alpha value is -3.20. The fourth-order valence-corrected chi connectivity index (χ4v) is 3.68. The first-order chi connectivity index (χ1) is 15.2. The van der Waals surface area contributed by atoms with Crippen molar-refractivity contribution in [2.24, 2.45) is 0 Å². The van der Waals surface area contributed by atoms with Gasteiger partial charge in [0.15, 0.2) is 0 Å². The van der Waals surface area contributed by atoms with E-state index in [2.05, 4.69) is 15.0 Å². The van der Waals surface area contributed by atoms with Crippen LogP contribution in [0.3, 0.4) is 0 Å². The molecule has 1 aliphatic rings. The molecule has 1 amide bonds. The van der Waals surface area contributed by atoms with E-state index in [1.165, 1.54) is 12.1 Å². The highest BCUT2D eigenvalue weighted by Crippen LogP contribution is 2.29. The number of carbonyl (C=O) groups is 1. The molecule has 1 unspecified atom stereocenters. The maximum atomic E-state index is 12.7. The number of halogens is 3. The van der Waals surface area contributed by atoms with E-state index in [1.54, 1.807) is 4.90 Å². The van der Waals surface area contributed by atoms with E-state index in [9.17, 15) is 18.0 Å². The standard InChI is InChI=1S/C23H23F3N4O2/c1-15-3-5-17(6-4-15)20-27-21(32-28-20)16(2)29-11-13-30(14-12-29)22(31)18-7-9-19(10-8-18)23(24,25)26/h3-10,16H,11-14H2,1-2H3. The van der Waals surface area contributed by atoms with E-state index in [-0.39, 0.29) is 17.5 Å². The zero-order chi connectivity index (χ0) is 22.9. The second-order valence-electron chi connectivity index (χ2n) is 7.90. The number of hydrogen-bond donors (Lipinski definition) is 0. The molecule has 0 spiro atoms. The van der Waals surface area contributed by atoms with Crippen molar-refractivity contribution >= 4 is 5.91 Å². The van der Waals surface area contributed by atoms with Crippen molar-refractivity contribution in [3.63, 3.8) is 0 Å². The summed E-state index contributed by atoms with van der Waals surface area (Å²) >= 11 is 0. The van der Waals surface area contributed by atoms with Crippen molar-refractivity contribution < 1.29 is 22.5 Å². The molecule has 1 aliphatic heterocycles. The molecule has 1 saturated heterocycles. The van der Waals surface area contributed by atoms with Gasteiger partial charge in [-0.05, 0) is 38.1 Å². The molecular formula is C23H23F3N4O2. The summed E-state index contributed by atoms with van der Waals surface area (Å²) in [5.74, 6) is 0.761. The van der Waals surface area contributed by atoms with Crippen molar-refractivity contribution in [1.29, 1.82) is 0 Å². The number of aromatic nitrogens is 2. The van der Waals surface area contributed by atoms with Gasteiger partial charge in [-0.3, -0.25) is 9.69 Å². The van der Waals surface area contributed by atoms with Crippen molar-refractivity contribution in [2.45, 2.75) is 26.1 Å². The molecule has 0 aliphatic carbocycles. The van der Waals surface area contributed by atoms with Gasteiger partial charge in [-0.2, -0.15) is 18.2 Å². The first-order valence-electron chi connectivity index (χ1n) is 10.3. The Bertz CT molecular complexity index is 1070. The fraction of sp³-hybridized carbons (Fsp3) is 0.348. The Labute approximate surface area is 183 Å². The zero-order valence-electron chi connectivity index (χ0n) is 17.8. The molecule has 0 saturated carbocycles. The number of nitrogens with zero attached hydrogens (tertiary/aromatic N) is 4. The van der Waals surface area contributed by atoms with Crippen LogP contribution in [-0.2, 0) is 6.18 Å². The monoisotopic (exact) mass is 444 g/mol. The molecular weight excluding hydrogens is 421 g/mol. The number of aryl methyl sites for hydroxylation is 1. The largest absolute Gasteiger partial charge is 0.416 e. The van der Waals surface area contributed by atoms with E-state index in [0.29, 0.717) is 37.9 Å². The molecule has 1 fully saturated rings. The lowest BCUT2D eigenvalue weighted by Gasteiger charge is -2.36. The third-order valence-corrected chi connectivity index (χ3v) is 5.72. The Balaban J connectivity index is 1.36. The molecule has 0 N–H and O–H groups in total. The van der Waals surface area contributed by atoms with Gasteiger partial charge in [0.05, 0.1) is 11.6 Å². The smallest absolute Gasteiger partial charge is 0.337 e. The van der Waals surface area contributed by atoms with Gasteiger partial charge in [0.1, 0.15) is 0 Å². The second kappa shape index (κ2) is 8.74. The lowest BCUT2D eigenvalue weighted by molar-refractivity contribution is -0.137. The quantitative estimate of drug-likeness (QED) is 0.589. The summed E-state index contributed by atoms with van der Waals surface area (Å²) in [6.45, 7) is 6.09. The Morgan fingerprint density at radius 1 is 1.00 bits per heavy atom. The Morgan fingerprint density at radius 3 is 2.22 bits per heavy atom. The summed E-state index contributed by atoms with van der Waals surface area (Å²) in [7, 11) is 0. The summed E-state index contributed by atoms with van der Waals surface area (Å²) in [5, 5.41) is 4.08. The number of amides is 1. The zero-order valence-corrected chi connectivity index (χ0v) is 17.8. The summed E-state index contributed by atoms with van der Waals surface area (Å²) in [6, 6.07) is 12.1. The first kappa shape index (κ1) is 22.0. The minimum Gasteiger partial charge on any atom is -0.337 e. The normalized spacial score (nSPS) is 16.2. The van der Waals surface area contributed by atoms with Crippen molar-refractivity contribution in [1.82, 2.24) is 19.9 Å². The maximum Gasteiger partial charge on any atom is 0.416 e. The van der Waals surface area contributed by atoms with E-state index >= 15 is 0 Å². The SMILES string of the molecule is Cc1ccc(-c2noc(C(C)N3CCN(C(=O)c4ccc(C(F)(F)F)cc4)CC3)n2)cc1. The summed E-state index contributed by atoms with van der Waals surface area (Å²) in [5.41, 5.74) is 1.51. The van der Waals surface area contributed by atoms with Crippen LogP contribution < -0.4 is 0 Å². The molecule has 2 aromatic carbocycles. The van der Waals surface area contributed by atoms with Crippen LogP contribution >= 0.6 is 0 Å². The highest BCUT2D eigenvalue weighted by Gasteiger charge is 2.31. The van der Waals surface area contributed by atoms with Gasteiger partial charge in [-0.25, -0.2) is 0 Å². The molecule has 3 aromatic rings. The van der Waals surface area contributed by atoms with Crippen LogP contribution in [0.2, 0.25) is 0 Å². The first-order valence-corrected chi connectivity index (χ1v) is 10.3.